The molecular weight excluding hydrogens is 560 g/mol. The summed E-state index contributed by atoms with van der Waals surface area (Å²) >= 11 is 2.60. The van der Waals surface area contributed by atoms with Gasteiger partial charge in [-0.15, -0.1) is 11.3 Å². The van der Waals surface area contributed by atoms with Crippen LogP contribution in [0.4, 0.5) is 5.00 Å². The third-order valence-corrected chi connectivity index (χ3v) is 9.03. The number of hydrogen-bond acceptors (Lipinski definition) is 8. The number of nitrogens with zero attached hydrogens (tertiary/aromatic N) is 2. The summed E-state index contributed by atoms with van der Waals surface area (Å²) in [5.41, 5.74) is 3.53. The molecule has 0 spiro atoms. The minimum absolute atomic E-state index is 0.0117. The topological polar surface area (TPSA) is 115 Å². The molecule has 0 aliphatic heterocycles. The average molecular weight is 589 g/mol. The Labute approximate surface area is 243 Å². The quantitative estimate of drug-likeness (QED) is 0.129. The number of carbonyl (C=O) groups excluding carboxylic acids is 2. The van der Waals surface area contributed by atoms with Crippen LogP contribution in [0.3, 0.4) is 0 Å². The highest BCUT2D eigenvalue weighted by atomic mass is 32.2. The molecule has 0 bridgehead atoms. The van der Waals surface area contributed by atoms with E-state index in [0.29, 0.717) is 44.8 Å². The van der Waals surface area contributed by atoms with Crippen molar-refractivity contribution in [2.24, 2.45) is 0 Å². The van der Waals surface area contributed by atoms with Gasteiger partial charge in [-0.05, 0) is 69.0 Å². The Balaban J connectivity index is 1.34. The molecule has 210 valence electrons. The van der Waals surface area contributed by atoms with Crippen molar-refractivity contribution in [2.75, 3.05) is 24.3 Å². The van der Waals surface area contributed by atoms with E-state index in [1.165, 1.54) is 15.9 Å². The predicted molar refractivity (Wildman–Crippen MR) is 162 cm³/mol. The Morgan fingerprint density at radius 1 is 1.10 bits per heavy atom. The van der Waals surface area contributed by atoms with Gasteiger partial charge in [-0.25, -0.2) is 9.78 Å². The van der Waals surface area contributed by atoms with E-state index in [9.17, 15) is 14.4 Å². The van der Waals surface area contributed by atoms with Crippen molar-refractivity contribution in [3.8, 4) is 11.4 Å². The molecular formula is C30H28N4O5S2. The molecule has 1 aliphatic carbocycles. The number of benzene rings is 2. The number of aromatic amines is 1. The van der Waals surface area contributed by atoms with Crippen LogP contribution in [0.5, 0.6) is 5.75 Å². The zero-order valence-corrected chi connectivity index (χ0v) is 24.2. The van der Waals surface area contributed by atoms with E-state index in [0.717, 1.165) is 52.4 Å². The lowest BCUT2D eigenvalue weighted by molar-refractivity contribution is -0.113. The SMILES string of the molecule is CCOC(=O)c1c(NC(=O)CSc2nc3c([nH]c4ccccc43)c(=O)n2-c2ccc(OCC)cc2)sc2c1CCC2. The van der Waals surface area contributed by atoms with Gasteiger partial charge in [0.05, 0.1) is 30.2 Å². The van der Waals surface area contributed by atoms with Gasteiger partial charge in [0.15, 0.2) is 5.16 Å². The highest BCUT2D eigenvalue weighted by Gasteiger charge is 2.28. The van der Waals surface area contributed by atoms with Crippen LogP contribution in [0.25, 0.3) is 27.6 Å². The molecule has 11 heteroatoms. The number of amides is 1. The van der Waals surface area contributed by atoms with Crippen molar-refractivity contribution in [1.82, 2.24) is 14.5 Å². The molecule has 6 rings (SSSR count). The molecule has 9 nitrogen and oxygen atoms in total. The van der Waals surface area contributed by atoms with Crippen molar-refractivity contribution in [2.45, 2.75) is 38.3 Å². The summed E-state index contributed by atoms with van der Waals surface area (Å²) in [4.78, 5) is 48.9. The zero-order chi connectivity index (χ0) is 28.5. The summed E-state index contributed by atoms with van der Waals surface area (Å²) in [6.07, 6.45) is 2.68. The molecule has 1 amide bonds. The first-order chi connectivity index (χ1) is 20.0. The first kappa shape index (κ1) is 27.1. The second-order valence-electron chi connectivity index (χ2n) is 9.47. The Morgan fingerprint density at radius 3 is 2.68 bits per heavy atom. The van der Waals surface area contributed by atoms with Gasteiger partial charge in [0.2, 0.25) is 5.91 Å². The summed E-state index contributed by atoms with van der Waals surface area (Å²) in [6.45, 7) is 4.47. The van der Waals surface area contributed by atoms with Gasteiger partial charge in [0, 0.05) is 15.8 Å². The summed E-state index contributed by atoms with van der Waals surface area (Å²) in [7, 11) is 0. The molecule has 0 unspecified atom stereocenters. The minimum Gasteiger partial charge on any atom is -0.494 e. The fourth-order valence-electron chi connectivity index (χ4n) is 5.13. The number of thioether (sulfide) groups is 1. The normalized spacial score (nSPS) is 12.5. The second kappa shape index (κ2) is 11.4. The highest BCUT2D eigenvalue weighted by molar-refractivity contribution is 7.99. The number of anilines is 1. The molecule has 3 heterocycles. The molecule has 5 aromatic rings. The first-order valence-electron chi connectivity index (χ1n) is 13.5. The number of ether oxygens (including phenoxy) is 2. The van der Waals surface area contributed by atoms with E-state index < -0.39 is 5.97 Å². The van der Waals surface area contributed by atoms with Gasteiger partial charge < -0.3 is 19.8 Å². The monoisotopic (exact) mass is 588 g/mol. The number of H-pyrrole nitrogens is 1. The van der Waals surface area contributed by atoms with Crippen LogP contribution in [-0.4, -0.2) is 45.4 Å². The Kier molecular flexibility index (Phi) is 7.55. The number of esters is 1. The Bertz CT molecular complexity index is 1840. The molecule has 0 saturated heterocycles. The lowest BCUT2D eigenvalue weighted by Gasteiger charge is -2.13. The van der Waals surface area contributed by atoms with Crippen molar-refractivity contribution in [3.05, 3.63) is 74.9 Å². The number of nitrogens with one attached hydrogen (secondary N) is 2. The summed E-state index contributed by atoms with van der Waals surface area (Å²) in [5.74, 6) is -0.0299. The van der Waals surface area contributed by atoms with Crippen LogP contribution >= 0.6 is 23.1 Å². The third kappa shape index (κ3) is 5.11. The summed E-state index contributed by atoms with van der Waals surface area (Å²) in [5, 5.41) is 4.65. The maximum Gasteiger partial charge on any atom is 0.341 e. The number of aromatic nitrogens is 3. The number of rotatable bonds is 9. The molecule has 3 aromatic heterocycles. The van der Waals surface area contributed by atoms with Gasteiger partial charge in [0.25, 0.3) is 5.56 Å². The predicted octanol–water partition coefficient (Wildman–Crippen LogP) is 5.72. The molecule has 2 aromatic carbocycles. The van der Waals surface area contributed by atoms with E-state index in [-0.39, 0.29) is 23.8 Å². The van der Waals surface area contributed by atoms with Crippen LogP contribution in [0.15, 0.2) is 58.5 Å². The molecule has 0 fully saturated rings. The molecule has 0 atom stereocenters. The average Bonchev–Trinajstić information content (AvgIpc) is 3.66. The standard InChI is InChI=1S/C30H28N4O5S2/c1-3-38-18-14-12-17(13-15-18)34-28(36)26-25(19-8-5-6-10-21(19)31-26)33-30(34)40-16-23(35)32-27-24(29(37)39-4-2)20-9-7-11-22(20)41-27/h5-6,8,10,12-15,31H,3-4,7,9,11,16H2,1-2H3,(H,32,35). The number of carbonyl (C=O) groups is 2. The molecule has 1 aliphatic rings. The van der Waals surface area contributed by atoms with E-state index in [1.807, 2.05) is 31.2 Å². The van der Waals surface area contributed by atoms with Gasteiger partial charge in [0.1, 0.15) is 21.8 Å². The summed E-state index contributed by atoms with van der Waals surface area (Å²) < 4.78 is 12.4. The smallest absolute Gasteiger partial charge is 0.341 e. The van der Waals surface area contributed by atoms with Crippen LogP contribution in [-0.2, 0) is 22.4 Å². The fourth-order valence-corrected chi connectivity index (χ4v) is 7.23. The van der Waals surface area contributed by atoms with Gasteiger partial charge >= 0.3 is 5.97 Å². The van der Waals surface area contributed by atoms with Crippen molar-refractivity contribution >= 4 is 61.9 Å². The van der Waals surface area contributed by atoms with Crippen LogP contribution in [0, 0.1) is 0 Å². The maximum atomic E-state index is 13.8. The van der Waals surface area contributed by atoms with Crippen LogP contribution < -0.4 is 15.6 Å². The van der Waals surface area contributed by atoms with E-state index in [2.05, 4.69) is 10.3 Å². The molecule has 41 heavy (non-hydrogen) atoms. The lowest BCUT2D eigenvalue weighted by atomic mass is 10.1. The maximum absolute atomic E-state index is 13.8. The number of aryl methyl sites for hydroxylation is 1. The first-order valence-corrected chi connectivity index (χ1v) is 15.3. The highest BCUT2D eigenvalue weighted by Crippen LogP contribution is 2.39. The molecule has 0 radical (unpaired) electrons. The van der Waals surface area contributed by atoms with Crippen LogP contribution in [0.1, 0.15) is 41.1 Å². The number of thiophene rings is 1. The second-order valence-corrected chi connectivity index (χ2v) is 11.5. The lowest BCUT2D eigenvalue weighted by Crippen LogP contribution is -2.23. The van der Waals surface area contributed by atoms with Crippen molar-refractivity contribution in [3.63, 3.8) is 0 Å². The van der Waals surface area contributed by atoms with Gasteiger partial charge in [-0.3, -0.25) is 14.2 Å². The van der Waals surface area contributed by atoms with Crippen LogP contribution in [0.2, 0.25) is 0 Å². The minimum atomic E-state index is -0.411. The molecule has 0 saturated carbocycles. The largest absolute Gasteiger partial charge is 0.494 e. The van der Waals surface area contributed by atoms with E-state index in [1.54, 1.807) is 31.2 Å². The third-order valence-electron chi connectivity index (χ3n) is 6.89. The number of hydrogen-bond donors (Lipinski definition) is 2. The zero-order valence-electron chi connectivity index (χ0n) is 22.6. The summed E-state index contributed by atoms with van der Waals surface area (Å²) in [6, 6.07) is 14.8. The Morgan fingerprint density at radius 2 is 1.90 bits per heavy atom. The Hall–Kier alpha value is -4.09. The van der Waals surface area contributed by atoms with Gasteiger partial charge in [-0.1, -0.05) is 30.0 Å². The number of fused-ring (bicyclic) bond motifs is 4. The fraction of sp³-hybridized carbons (Fsp3) is 0.267. The van der Waals surface area contributed by atoms with Crippen molar-refractivity contribution in [1.29, 1.82) is 0 Å². The van der Waals surface area contributed by atoms with Crippen molar-refractivity contribution < 1.29 is 19.1 Å². The number of para-hydroxylation sites is 1. The molecule has 2 N–H and O–H groups in total. The van der Waals surface area contributed by atoms with E-state index >= 15 is 0 Å². The van der Waals surface area contributed by atoms with Gasteiger partial charge in [-0.2, -0.15) is 0 Å². The van der Waals surface area contributed by atoms with E-state index in [4.69, 9.17) is 14.5 Å².